The van der Waals surface area contributed by atoms with Crippen LogP contribution < -0.4 is 0 Å². The lowest BCUT2D eigenvalue weighted by Crippen LogP contribution is -2.14. The molecule has 0 amide bonds. The summed E-state index contributed by atoms with van der Waals surface area (Å²) in [5, 5.41) is 18.1. The Hall–Kier alpha value is -2.37. The average Bonchev–Trinajstić information content (AvgIpc) is 2.56. The molecule has 0 saturated heterocycles. The molecule has 0 unspecified atom stereocenters. The molecule has 15 heavy (non-hydrogen) atoms. The number of carboxylic acids is 1. The van der Waals surface area contributed by atoms with E-state index < -0.39 is 12.1 Å². The van der Waals surface area contributed by atoms with Gasteiger partial charge in [0.1, 0.15) is 5.52 Å². The van der Waals surface area contributed by atoms with Gasteiger partial charge in [0.05, 0.1) is 0 Å². The van der Waals surface area contributed by atoms with Crippen molar-refractivity contribution in [3.63, 3.8) is 0 Å². The van der Waals surface area contributed by atoms with E-state index in [1.165, 1.54) is 12.4 Å². The van der Waals surface area contributed by atoms with Crippen molar-refractivity contribution in [2.75, 3.05) is 0 Å². The van der Waals surface area contributed by atoms with Crippen LogP contribution in [0.3, 0.4) is 0 Å². The highest BCUT2D eigenvalue weighted by molar-refractivity contribution is 6.04. The Labute approximate surface area is 83.4 Å². The number of carboxylic acid groups (broad SMARTS) is 2. The van der Waals surface area contributed by atoms with Gasteiger partial charge in [-0.25, -0.2) is 14.2 Å². The van der Waals surface area contributed by atoms with Gasteiger partial charge in [0, 0.05) is 17.8 Å². The zero-order valence-electron chi connectivity index (χ0n) is 7.41. The molecular formula is C9H6N2O4. The second-order valence-electron chi connectivity index (χ2n) is 2.88. The van der Waals surface area contributed by atoms with Crippen molar-refractivity contribution in [1.29, 1.82) is 0 Å². The SMILES string of the molecule is O=C(O)c1c2ncccc2cn1C(=O)O. The zero-order chi connectivity index (χ0) is 11.0. The molecular weight excluding hydrogens is 200 g/mol. The molecule has 0 aromatic carbocycles. The zero-order valence-corrected chi connectivity index (χ0v) is 7.41. The van der Waals surface area contributed by atoms with Crippen LogP contribution in [0.4, 0.5) is 4.79 Å². The highest BCUT2D eigenvalue weighted by atomic mass is 16.4. The smallest absolute Gasteiger partial charge is 0.416 e. The molecule has 0 aliphatic heterocycles. The minimum absolute atomic E-state index is 0.174. The molecule has 2 aromatic heterocycles. The molecule has 0 aliphatic rings. The maximum atomic E-state index is 10.9. The van der Waals surface area contributed by atoms with Crippen molar-refractivity contribution in [2.24, 2.45) is 0 Å². The van der Waals surface area contributed by atoms with Crippen LogP contribution in [0, 0.1) is 0 Å². The van der Waals surface area contributed by atoms with Gasteiger partial charge in [-0.1, -0.05) is 0 Å². The van der Waals surface area contributed by atoms with E-state index in [9.17, 15) is 9.59 Å². The van der Waals surface area contributed by atoms with Crippen molar-refractivity contribution in [2.45, 2.75) is 0 Å². The van der Waals surface area contributed by atoms with Gasteiger partial charge in [-0.15, -0.1) is 0 Å². The summed E-state index contributed by atoms with van der Waals surface area (Å²) < 4.78 is 0.653. The number of carbonyl (C=O) groups is 2. The monoisotopic (exact) mass is 206 g/mol. The van der Waals surface area contributed by atoms with Crippen LogP contribution in [0.25, 0.3) is 10.9 Å². The lowest BCUT2D eigenvalue weighted by atomic mass is 10.3. The van der Waals surface area contributed by atoms with Gasteiger partial charge in [-0.3, -0.25) is 4.98 Å². The molecule has 0 atom stereocenters. The summed E-state index contributed by atoms with van der Waals surface area (Å²) in [6.45, 7) is 0. The molecule has 2 rings (SSSR count). The van der Waals surface area contributed by atoms with Crippen LogP contribution in [-0.4, -0.2) is 31.8 Å². The topological polar surface area (TPSA) is 92.4 Å². The summed E-state index contributed by atoms with van der Waals surface area (Å²) in [7, 11) is 0. The number of nitrogens with zero attached hydrogens (tertiary/aromatic N) is 2. The van der Waals surface area contributed by atoms with E-state index in [4.69, 9.17) is 10.2 Å². The van der Waals surface area contributed by atoms with Crippen LogP contribution in [0.15, 0.2) is 24.5 Å². The van der Waals surface area contributed by atoms with Crippen LogP contribution >= 0.6 is 0 Å². The lowest BCUT2D eigenvalue weighted by molar-refractivity contribution is 0.0686. The quantitative estimate of drug-likeness (QED) is 0.732. The molecule has 76 valence electrons. The largest absolute Gasteiger partial charge is 0.476 e. The van der Waals surface area contributed by atoms with E-state index in [-0.39, 0.29) is 11.2 Å². The third kappa shape index (κ3) is 1.32. The fourth-order valence-electron chi connectivity index (χ4n) is 1.39. The minimum atomic E-state index is -1.34. The Balaban J connectivity index is 2.86. The Morgan fingerprint density at radius 1 is 1.33 bits per heavy atom. The normalized spacial score (nSPS) is 10.4. The first-order valence-electron chi connectivity index (χ1n) is 4.04. The molecule has 2 heterocycles. The first kappa shape index (κ1) is 9.20. The molecule has 2 aromatic rings. The summed E-state index contributed by atoms with van der Waals surface area (Å²) in [5.74, 6) is -1.31. The van der Waals surface area contributed by atoms with Crippen molar-refractivity contribution in [1.82, 2.24) is 9.55 Å². The molecule has 0 spiro atoms. The summed E-state index contributed by atoms with van der Waals surface area (Å²) in [6.07, 6.45) is 1.31. The molecule has 0 bridgehead atoms. The fourth-order valence-corrected chi connectivity index (χ4v) is 1.39. The molecule has 0 radical (unpaired) electrons. The van der Waals surface area contributed by atoms with E-state index in [1.54, 1.807) is 12.1 Å². The summed E-state index contributed by atoms with van der Waals surface area (Å²) in [5.41, 5.74) is -0.162. The molecule has 6 nitrogen and oxygen atoms in total. The summed E-state index contributed by atoms with van der Waals surface area (Å²) in [4.78, 5) is 25.5. The molecule has 0 fully saturated rings. The van der Waals surface area contributed by atoms with Gasteiger partial charge in [-0.2, -0.15) is 0 Å². The predicted octanol–water partition coefficient (Wildman–Crippen LogP) is 1.26. The van der Waals surface area contributed by atoms with E-state index in [2.05, 4.69) is 4.98 Å². The van der Waals surface area contributed by atoms with E-state index in [0.29, 0.717) is 9.95 Å². The van der Waals surface area contributed by atoms with Gasteiger partial charge < -0.3 is 10.2 Å². The fraction of sp³-hybridized carbons (Fsp3) is 0. The number of pyridine rings is 1. The number of rotatable bonds is 1. The van der Waals surface area contributed by atoms with Gasteiger partial charge in [0.2, 0.25) is 0 Å². The van der Waals surface area contributed by atoms with Gasteiger partial charge in [-0.05, 0) is 12.1 Å². The molecule has 0 aliphatic carbocycles. The van der Waals surface area contributed by atoms with Crippen LogP contribution in [-0.2, 0) is 0 Å². The van der Waals surface area contributed by atoms with Gasteiger partial charge in [0.15, 0.2) is 5.69 Å². The third-order valence-corrected chi connectivity index (χ3v) is 1.98. The number of aromatic nitrogens is 2. The average molecular weight is 206 g/mol. The lowest BCUT2D eigenvalue weighted by Gasteiger charge is -1.97. The first-order valence-corrected chi connectivity index (χ1v) is 4.04. The second-order valence-corrected chi connectivity index (χ2v) is 2.88. The predicted molar refractivity (Wildman–Crippen MR) is 50.1 cm³/mol. The standard InChI is InChI=1S/C9H6N2O4/c12-8(13)7-6-5(2-1-3-10-6)4-11(7)9(14)15/h1-4H,(H,12,13)(H,14,15). The van der Waals surface area contributed by atoms with Gasteiger partial charge in [0.25, 0.3) is 0 Å². The third-order valence-electron chi connectivity index (χ3n) is 1.98. The highest BCUT2D eigenvalue weighted by Crippen LogP contribution is 2.18. The van der Waals surface area contributed by atoms with Crippen molar-refractivity contribution in [3.05, 3.63) is 30.2 Å². The molecule has 6 heteroatoms. The van der Waals surface area contributed by atoms with E-state index >= 15 is 0 Å². The maximum Gasteiger partial charge on any atom is 0.416 e. The van der Waals surface area contributed by atoms with E-state index in [1.807, 2.05) is 0 Å². The summed E-state index contributed by atoms with van der Waals surface area (Å²) in [6, 6.07) is 3.22. The Bertz CT molecular complexity index is 558. The summed E-state index contributed by atoms with van der Waals surface area (Å²) >= 11 is 0. The molecule has 0 saturated carbocycles. The maximum absolute atomic E-state index is 10.9. The van der Waals surface area contributed by atoms with Crippen LogP contribution in [0.2, 0.25) is 0 Å². The van der Waals surface area contributed by atoms with Crippen LogP contribution in [0.5, 0.6) is 0 Å². The Kier molecular flexibility index (Phi) is 1.89. The second kappa shape index (κ2) is 3.09. The van der Waals surface area contributed by atoms with Crippen molar-refractivity contribution < 1.29 is 19.8 Å². The first-order chi connectivity index (χ1) is 7.11. The number of aromatic carboxylic acids is 1. The number of hydrogen-bond donors (Lipinski definition) is 2. The number of hydrogen-bond acceptors (Lipinski definition) is 3. The van der Waals surface area contributed by atoms with Gasteiger partial charge >= 0.3 is 12.1 Å². The minimum Gasteiger partial charge on any atom is -0.476 e. The highest BCUT2D eigenvalue weighted by Gasteiger charge is 2.20. The Morgan fingerprint density at radius 3 is 2.67 bits per heavy atom. The Morgan fingerprint density at radius 2 is 2.07 bits per heavy atom. The van der Waals surface area contributed by atoms with Crippen LogP contribution in [0.1, 0.15) is 10.5 Å². The van der Waals surface area contributed by atoms with Crippen molar-refractivity contribution >= 4 is 23.0 Å². The van der Waals surface area contributed by atoms with E-state index in [0.717, 1.165) is 0 Å². The molecule has 2 N–H and O–H groups in total. The van der Waals surface area contributed by atoms with Crippen molar-refractivity contribution in [3.8, 4) is 0 Å². The number of fused-ring (bicyclic) bond motifs is 1.